The Kier molecular flexibility index (Phi) is 3.19. The molecule has 4 nitrogen and oxygen atoms in total. The molecule has 1 aromatic heterocycles. The van der Waals surface area contributed by atoms with Crippen molar-refractivity contribution in [2.75, 3.05) is 0 Å². The molecule has 0 bridgehead atoms. The molecule has 0 aliphatic carbocycles. The number of pyridine rings is 1. The summed E-state index contributed by atoms with van der Waals surface area (Å²) in [6.07, 6.45) is -0.132. The molecule has 1 heterocycles. The van der Waals surface area contributed by atoms with Gasteiger partial charge in [0, 0.05) is 22.1 Å². The summed E-state index contributed by atoms with van der Waals surface area (Å²) in [6.45, 7) is 0. The number of rotatable bonds is 2. The maximum Gasteiger partial charge on any atom is 0.307 e. The zero-order valence-corrected chi connectivity index (χ0v) is 11.3. The minimum atomic E-state index is -0.932. The molecule has 0 atom stereocenters. The van der Waals surface area contributed by atoms with Crippen molar-refractivity contribution in [3.05, 3.63) is 43.8 Å². The first-order valence-corrected chi connectivity index (χ1v) is 6.07. The van der Waals surface area contributed by atoms with Crippen LogP contribution in [-0.2, 0) is 18.3 Å². The highest BCUT2D eigenvalue weighted by molar-refractivity contribution is 14.1. The van der Waals surface area contributed by atoms with Crippen LogP contribution in [0.25, 0.3) is 10.9 Å². The Morgan fingerprint density at radius 2 is 2.12 bits per heavy atom. The van der Waals surface area contributed by atoms with E-state index in [1.165, 1.54) is 10.6 Å². The summed E-state index contributed by atoms with van der Waals surface area (Å²) in [4.78, 5) is 22.5. The summed E-state index contributed by atoms with van der Waals surface area (Å²) < 4.78 is 2.54. The van der Waals surface area contributed by atoms with Gasteiger partial charge in [-0.1, -0.05) is 0 Å². The predicted molar refractivity (Wildman–Crippen MR) is 73.2 cm³/mol. The molecule has 2 rings (SSSR count). The van der Waals surface area contributed by atoms with Crippen molar-refractivity contribution >= 4 is 39.5 Å². The number of aryl methyl sites for hydroxylation is 1. The number of aliphatic carboxylic acids is 1. The first-order chi connectivity index (χ1) is 7.99. The fraction of sp³-hybridized carbons (Fsp3) is 0.167. The average Bonchev–Trinajstić information content (AvgIpc) is 2.25. The van der Waals surface area contributed by atoms with Gasteiger partial charge in [0.05, 0.1) is 11.9 Å². The third-order valence-corrected chi connectivity index (χ3v) is 3.31. The van der Waals surface area contributed by atoms with Gasteiger partial charge in [0.1, 0.15) is 0 Å². The molecule has 0 amide bonds. The zero-order chi connectivity index (χ0) is 12.6. The molecule has 5 heteroatoms. The smallest absolute Gasteiger partial charge is 0.307 e. The quantitative estimate of drug-likeness (QED) is 0.846. The Morgan fingerprint density at radius 3 is 2.76 bits per heavy atom. The number of aromatic nitrogens is 1. The van der Waals surface area contributed by atoms with Gasteiger partial charge >= 0.3 is 5.97 Å². The highest BCUT2D eigenvalue weighted by Gasteiger charge is 2.09. The lowest BCUT2D eigenvalue weighted by molar-refractivity contribution is -0.136. The maximum absolute atomic E-state index is 11.7. The van der Waals surface area contributed by atoms with Crippen LogP contribution in [0.5, 0.6) is 0 Å². The standard InChI is InChI=1S/C12H10INO3/c1-14-10-3-2-8(13)6-9(10)7(4-11(14)15)5-12(16)17/h2-4,6H,5H2,1H3,(H,16,17). The molecule has 0 aliphatic rings. The van der Waals surface area contributed by atoms with Crippen LogP contribution in [0.3, 0.4) is 0 Å². The second-order valence-electron chi connectivity index (χ2n) is 3.80. The van der Waals surface area contributed by atoms with Gasteiger partial charge in [-0.2, -0.15) is 0 Å². The molecule has 2 aromatic rings. The van der Waals surface area contributed by atoms with E-state index in [2.05, 4.69) is 22.6 Å². The molecule has 88 valence electrons. The summed E-state index contributed by atoms with van der Waals surface area (Å²) in [5.74, 6) is -0.932. The lowest BCUT2D eigenvalue weighted by Gasteiger charge is -2.09. The normalized spacial score (nSPS) is 10.7. The topological polar surface area (TPSA) is 59.3 Å². The largest absolute Gasteiger partial charge is 0.481 e. The lowest BCUT2D eigenvalue weighted by Crippen LogP contribution is -2.18. The van der Waals surface area contributed by atoms with E-state index in [9.17, 15) is 9.59 Å². The fourth-order valence-corrected chi connectivity index (χ4v) is 2.30. The Bertz CT molecular complexity index is 661. The molecule has 0 spiro atoms. The van der Waals surface area contributed by atoms with Crippen LogP contribution < -0.4 is 5.56 Å². The monoisotopic (exact) mass is 343 g/mol. The molecule has 0 saturated heterocycles. The minimum absolute atomic E-state index is 0.132. The van der Waals surface area contributed by atoms with Crippen LogP contribution in [-0.4, -0.2) is 15.6 Å². The number of benzene rings is 1. The van der Waals surface area contributed by atoms with E-state index in [0.29, 0.717) is 5.56 Å². The van der Waals surface area contributed by atoms with Crippen molar-refractivity contribution in [1.29, 1.82) is 0 Å². The fourth-order valence-electron chi connectivity index (χ4n) is 1.81. The van der Waals surface area contributed by atoms with Gasteiger partial charge in [-0.05, 0) is 46.4 Å². The van der Waals surface area contributed by atoms with Crippen LogP contribution in [0, 0.1) is 3.57 Å². The summed E-state index contributed by atoms with van der Waals surface area (Å²) in [6, 6.07) is 7.02. The van der Waals surface area contributed by atoms with Crippen LogP contribution in [0.15, 0.2) is 29.1 Å². The number of hydrogen-bond donors (Lipinski definition) is 1. The summed E-state index contributed by atoms with van der Waals surface area (Å²) >= 11 is 2.16. The summed E-state index contributed by atoms with van der Waals surface area (Å²) in [5, 5.41) is 9.67. The van der Waals surface area contributed by atoms with E-state index in [4.69, 9.17) is 5.11 Å². The molecular formula is C12H10INO3. The molecule has 0 aliphatic heterocycles. The number of nitrogens with zero attached hydrogens (tertiary/aromatic N) is 1. The average molecular weight is 343 g/mol. The Morgan fingerprint density at radius 1 is 1.41 bits per heavy atom. The van der Waals surface area contributed by atoms with E-state index < -0.39 is 5.97 Å². The molecule has 0 radical (unpaired) electrons. The summed E-state index contributed by atoms with van der Waals surface area (Å²) in [5.41, 5.74) is 1.14. The maximum atomic E-state index is 11.7. The van der Waals surface area contributed by atoms with Crippen LogP contribution in [0.1, 0.15) is 5.56 Å². The van der Waals surface area contributed by atoms with E-state index >= 15 is 0 Å². The van der Waals surface area contributed by atoms with Gasteiger partial charge in [0.2, 0.25) is 0 Å². The van der Waals surface area contributed by atoms with Gasteiger partial charge in [-0.15, -0.1) is 0 Å². The third-order valence-electron chi connectivity index (χ3n) is 2.64. The highest BCUT2D eigenvalue weighted by atomic mass is 127. The van der Waals surface area contributed by atoms with Crippen molar-refractivity contribution in [3.63, 3.8) is 0 Å². The number of hydrogen-bond acceptors (Lipinski definition) is 2. The Hall–Kier alpha value is -1.37. The van der Waals surface area contributed by atoms with E-state index in [0.717, 1.165) is 14.5 Å². The van der Waals surface area contributed by atoms with Crippen molar-refractivity contribution in [3.8, 4) is 0 Å². The van der Waals surface area contributed by atoms with Gasteiger partial charge in [-0.3, -0.25) is 9.59 Å². The van der Waals surface area contributed by atoms with E-state index in [1.54, 1.807) is 7.05 Å². The number of halogens is 1. The minimum Gasteiger partial charge on any atom is -0.481 e. The van der Waals surface area contributed by atoms with Crippen LogP contribution >= 0.6 is 22.6 Å². The molecule has 1 aromatic carbocycles. The second-order valence-corrected chi connectivity index (χ2v) is 5.04. The van der Waals surface area contributed by atoms with E-state index in [-0.39, 0.29) is 12.0 Å². The van der Waals surface area contributed by atoms with Crippen molar-refractivity contribution in [2.45, 2.75) is 6.42 Å². The first kappa shape index (κ1) is 12.1. The summed E-state index contributed by atoms with van der Waals surface area (Å²) in [7, 11) is 1.68. The van der Waals surface area contributed by atoms with Gasteiger partial charge in [0.15, 0.2) is 0 Å². The first-order valence-electron chi connectivity index (χ1n) is 4.99. The molecular weight excluding hydrogens is 333 g/mol. The number of carboxylic acids is 1. The zero-order valence-electron chi connectivity index (χ0n) is 9.11. The van der Waals surface area contributed by atoms with Gasteiger partial charge in [-0.25, -0.2) is 0 Å². The Labute approximate surface area is 111 Å². The van der Waals surface area contributed by atoms with Crippen LogP contribution in [0.4, 0.5) is 0 Å². The molecule has 0 saturated carbocycles. The third kappa shape index (κ3) is 2.33. The Balaban J connectivity index is 2.82. The lowest BCUT2D eigenvalue weighted by atomic mass is 10.1. The van der Waals surface area contributed by atoms with Gasteiger partial charge < -0.3 is 9.67 Å². The molecule has 1 N–H and O–H groups in total. The SMILES string of the molecule is Cn1c(=O)cc(CC(=O)O)c2cc(I)ccc21. The van der Waals surface area contributed by atoms with Crippen molar-refractivity contribution in [1.82, 2.24) is 4.57 Å². The molecule has 0 fully saturated rings. The molecule has 0 unspecified atom stereocenters. The number of carbonyl (C=O) groups is 1. The predicted octanol–water partition coefficient (Wildman–Crippen LogP) is 1.77. The van der Waals surface area contributed by atoms with Crippen LogP contribution in [0.2, 0.25) is 0 Å². The number of fused-ring (bicyclic) bond motifs is 1. The van der Waals surface area contributed by atoms with Crippen molar-refractivity contribution in [2.24, 2.45) is 7.05 Å². The molecule has 17 heavy (non-hydrogen) atoms. The van der Waals surface area contributed by atoms with E-state index in [1.807, 2.05) is 18.2 Å². The second kappa shape index (κ2) is 4.48. The number of carboxylic acid groups (broad SMARTS) is 1. The van der Waals surface area contributed by atoms with Gasteiger partial charge in [0.25, 0.3) is 5.56 Å². The van der Waals surface area contributed by atoms with Crippen molar-refractivity contribution < 1.29 is 9.90 Å². The highest BCUT2D eigenvalue weighted by Crippen LogP contribution is 2.20.